The minimum atomic E-state index is 0.543. The number of nitrogens with zero attached hydrogens (tertiary/aromatic N) is 1. The van der Waals surface area contributed by atoms with Crippen molar-refractivity contribution in [2.24, 2.45) is 11.7 Å². The lowest BCUT2D eigenvalue weighted by Gasteiger charge is -2.42. The lowest BCUT2D eigenvalue weighted by Crippen LogP contribution is -2.47. The summed E-state index contributed by atoms with van der Waals surface area (Å²) in [4.78, 5) is 2.68. The number of benzene rings is 1. The summed E-state index contributed by atoms with van der Waals surface area (Å²) >= 11 is 0. The lowest BCUT2D eigenvalue weighted by atomic mass is 9.87. The van der Waals surface area contributed by atoms with Crippen LogP contribution in [0.25, 0.3) is 0 Å². The number of methoxy groups -OCH3 is 1. The van der Waals surface area contributed by atoms with Gasteiger partial charge in [0.2, 0.25) is 0 Å². The first kappa shape index (κ1) is 14.9. The van der Waals surface area contributed by atoms with Gasteiger partial charge in [-0.25, -0.2) is 0 Å². The highest BCUT2D eigenvalue weighted by Crippen LogP contribution is 2.41. The Bertz CT molecular complexity index is 488. The summed E-state index contributed by atoms with van der Waals surface area (Å²) in [5, 5.41) is 0. The fraction of sp³-hybridized carbons (Fsp3) is 0.667. The third-order valence-corrected chi connectivity index (χ3v) is 5.52. The molecule has 116 valence electrons. The molecule has 1 fully saturated rings. The number of aryl methyl sites for hydroxylation is 1. The molecule has 0 bridgehead atoms. The van der Waals surface area contributed by atoms with Crippen LogP contribution in [0.5, 0.6) is 5.75 Å². The van der Waals surface area contributed by atoms with Crippen molar-refractivity contribution in [2.75, 3.05) is 20.2 Å². The molecule has 1 aromatic rings. The van der Waals surface area contributed by atoms with Crippen LogP contribution in [-0.2, 0) is 6.42 Å². The Labute approximate surface area is 128 Å². The van der Waals surface area contributed by atoms with E-state index < -0.39 is 0 Å². The second kappa shape index (κ2) is 6.37. The van der Waals surface area contributed by atoms with E-state index in [1.165, 1.54) is 49.8 Å². The lowest BCUT2D eigenvalue weighted by molar-refractivity contribution is 0.0701. The third kappa shape index (κ3) is 2.82. The molecule has 1 heterocycles. The molecule has 0 radical (unpaired) electrons. The van der Waals surface area contributed by atoms with Crippen molar-refractivity contribution in [1.82, 2.24) is 4.90 Å². The fourth-order valence-corrected chi connectivity index (χ4v) is 4.20. The molecule has 0 amide bonds. The summed E-state index contributed by atoms with van der Waals surface area (Å²) in [5.74, 6) is 1.84. The minimum absolute atomic E-state index is 0.543. The van der Waals surface area contributed by atoms with Crippen LogP contribution in [0.15, 0.2) is 18.2 Å². The molecule has 2 N–H and O–H groups in total. The molecule has 1 saturated heterocycles. The van der Waals surface area contributed by atoms with E-state index in [9.17, 15) is 0 Å². The molecule has 1 aliphatic heterocycles. The van der Waals surface area contributed by atoms with Crippen LogP contribution in [-0.4, -0.2) is 31.1 Å². The van der Waals surface area contributed by atoms with E-state index in [-0.39, 0.29) is 0 Å². The summed E-state index contributed by atoms with van der Waals surface area (Å²) in [6, 6.07) is 7.66. The molecule has 3 unspecified atom stereocenters. The molecule has 0 saturated carbocycles. The Kier molecular flexibility index (Phi) is 4.51. The second-order valence-electron chi connectivity index (χ2n) is 6.55. The van der Waals surface area contributed by atoms with Crippen molar-refractivity contribution in [1.29, 1.82) is 0 Å². The van der Waals surface area contributed by atoms with Gasteiger partial charge in [0.25, 0.3) is 0 Å². The van der Waals surface area contributed by atoms with Crippen molar-refractivity contribution in [3.8, 4) is 5.75 Å². The van der Waals surface area contributed by atoms with E-state index in [1.807, 2.05) is 0 Å². The molecular weight excluding hydrogens is 260 g/mol. The molecule has 0 spiro atoms. The number of fused-ring (bicyclic) bond motifs is 1. The van der Waals surface area contributed by atoms with Crippen LogP contribution < -0.4 is 10.5 Å². The van der Waals surface area contributed by atoms with Crippen LogP contribution in [0, 0.1) is 5.92 Å². The maximum Gasteiger partial charge on any atom is 0.119 e. The van der Waals surface area contributed by atoms with Crippen LogP contribution in [0.3, 0.4) is 0 Å². The standard InChI is InChI=1S/C18H28N2O/c1-3-13-8-9-20(15(10-13)12-19)18-7-5-14-4-6-16(21-2)11-17(14)18/h4,6,11,13,15,18H,3,5,7-10,12,19H2,1-2H3. The normalized spacial score (nSPS) is 29.4. The Morgan fingerprint density at radius 3 is 2.90 bits per heavy atom. The molecule has 3 heteroatoms. The number of nitrogens with two attached hydrogens (primary N) is 1. The van der Waals surface area contributed by atoms with Crippen LogP contribution in [0.1, 0.15) is 49.8 Å². The summed E-state index contributed by atoms with van der Waals surface area (Å²) in [7, 11) is 1.75. The van der Waals surface area contributed by atoms with E-state index in [0.717, 1.165) is 18.2 Å². The SMILES string of the molecule is CCC1CCN(C2CCc3ccc(OC)cc32)C(CN)C1. The Balaban J connectivity index is 1.82. The first-order valence-electron chi connectivity index (χ1n) is 8.39. The van der Waals surface area contributed by atoms with Crippen molar-refractivity contribution in [3.05, 3.63) is 29.3 Å². The molecular formula is C18H28N2O. The van der Waals surface area contributed by atoms with Gasteiger partial charge >= 0.3 is 0 Å². The highest BCUT2D eigenvalue weighted by Gasteiger charge is 2.35. The molecule has 2 aliphatic rings. The molecule has 3 rings (SSSR count). The first-order valence-corrected chi connectivity index (χ1v) is 8.39. The van der Waals surface area contributed by atoms with Crippen LogP contribution in [0.4, 0.5) is 0 Å². The number of ether oxygens (including phenoxy) is 1. The number of piperidine rings is 1. The monoisotopic (exact) mass is 288 g/mol. The van der Waals surface area contributed by atoms with Gasteiger partial charge in [-0.15, -0.1) is 0 Å². The Morgan fingerprint density at radius 2 is 2.19 bits per heavy atom. The van der Waals surface area contributed by atoms with Crippen molar-refractivity contribution >= 4 is 0 Å². The minimum Gasteiger partial charge on any atom is -0.497 e. The van der Waals surface area contributed by atoms with Gasteiger partial charge in [0.15, 0.2) is 0 Å². The topological polar surface area (TPSA) is 38.5 Å². The van der Waals surface area contributed by atoms with Gasteiger partial charge in [0.05, 0.1) is 7.11 Å². The molecule has 3 atom stereocenters. The van der Waals surface area contributed by atoms with Crippen LogP contribution in [0.2, 0.25) is 0 Å². The molecule has 21 heavy (non-hydrogen) atoms. The van der Waals surface area contributed by atoms with Gasteiger partial charge in [-0.2, -0.15) is 0 Å². The van der Waals surface area contributed by atoms with Gasteiger partial charge in [0.1, 0.15) is 5.75 Å². The van der Waals surface area contributed by atoms with E-state index in [0.29, 0.717) is 12.1 Å². The third-order valence-electron chi connectivity index (χ3n) is 5.52. The Morgan fingerprint density at radius 1 is 1.33 bits per heavy atom. The Hall–Kier alpha value is -1.06. The highest BCUT2D eigenvalue weighted by molar-refractivity contribution is 5.41. The number of likely N-dealkylation sites (tertiary alicyclic amines) is 1. The van der Waals surface area contributed by atoms with Gasteiger partial charge in [0, 0.05) is 18.6 Å². The highest BCUT2D eigenvalue weighted by atomic mass is 16.5. The summed E-state index contributed by atoms with van der Waals surface area (Å²) in [5.41, 5.74) is 9.06. The predicted octanol–water partition coefficient (Wildman–Crippen LogP) is 3.13. The zero-order valence-corrected chi connectivity index (χ0v) is 13.3. The maximum absolute atomic E-state index is 6.09. The first-order chi connectivity index (χ1) is 10.3. The van der Waals surface area contributed by atoms with Crippen molar-refractivity contribution in [3.63, 3.8) is 0 Å². The number of hydrogen-bond acceptors (Lipinski definition) is 3. The fourth-order valence-electron chi connectivity index (χ4n) is 4.20. The summed E-state index contributed by atoms with van der Waals surface area (Å²) in [6.45, 7) is 4.29. The van der Waals surface area contributed by atoms with Crippen molar-refractivity contribution < 1.29 is 4.74 Å². The zero-order valence-electron chi connectivity index (χ0n) is 13.3. The number of hydrogen-bond donors (Lipinski definition) is 1. The average molecular weight is 288 g/mol. The molecule has 0 aromatic heterocycles. The number of rotatable bonds is 4. The zero-order chi connectivity index (χ0) is 14.8. The molecule has 3 nitrogen and oxygen atoms in total. The van der Waals surface area contributed by atoms with E-state index in [1.54, 1.807) is 7.11 Å². The average Bonchev–Trinajstić information content (AvgIpc) is 2.96. The van der Waals surface area contributed by atoms with E-state index in [2.05, 4.69) is 30.0 Å². The predicted molar refractivity (Wildman–Crippen MR) is 86.6 cm³/mol. The van der Waals surface area contributed by atoms with Gasteiger partial charge in [-0.05, 0) is 61.4 Å². The van der Waals surface area contributed by atoms with Gasteiger partial charge < -0.3 is 10.5 Å². The molecule has 1 aliphatic carbocycles. The van der Waals surface area contributed by atoms with E-state index >= 15 is 0 Å². The maximum atomic E-state index is 6.09. The smallest absolute Gasteiger partial charge is 0.119 e. The van der Waals surface area contributed by atoms with E-state index in [4.69, 9.17) is 10.5 Å². The largest absolute Gasteiger partial charge is 0.497 e. The van der Waals surface area contributed by atoms with Crippen molar-refractivity contribution in [2.45, 2.75) is 51.1 Å². The van der Waals surface area contributed by atoms with Gasteiger partial charge in [-0.3, -0.25) is 4.90 Å². The second-order valence-corrected chi connectivity index (χ2v) is 6.55. The molecule has 1 aromatic carbocycles. The van der Waals surface area contributed by atoms with Gasteiger partial charge in [-0.1, -0.05) is 19.4 Å². The summed E-state index contributed by atoms with van der Waals surface area (Å²) in [6.07, 6.45) is 6.30. The quantitative estimate of drug-likeness (QED) is 0.925. The summed E-state index contributed by atoms with van der Waals surface area (Å²) < 4.78 is 5.42. The van der Waals surface area contributed by atoms with Crippen LogP contribution >= 0.6 is 0 Å².